The summed E-state index contributed by atoms with van der Waals surface area (Å²) in [6.07, 6.45) is 2.87. The maximum Gasteiger partial charge on any atom is 0.256 e. The summed E-state index contributed by atoms with van der Waals surface area (Å²) in [4.78, 5) is 15.7. The van der Waals surface area contributed by atoms with Gasteiger partial charge in [0.25, 0.3) is 5.91 Å². The van der Waals surface area contributed by atoms with E-state index in [4.69, 9.17) is 9.47 Å². The summed E-state index contributed by atoms with van der Waals surface area (Å²) in [7, 11) is 0. The average molecular weight is 472 g/mol. The topological polar surface area (TPSA) is 59.0 Å². The number of nitrogens with zero attached hydrogens (tertiary/aromatic N) is 1. The summed E-state index contributed by atoms with van der Waals surface area (Å²) in [5.41, 5.74) is 4.33. The van der Waals surface area contributed by atoms with Gasteiger partial charge in [-0.25, -0.2) is 0 Å². The molecule has 5 heteroatoms. The van der Waals surface area contributed by atoms with E-state index in [0.717, 1.165) is 54.5 Å². The molecule has 0 saturated heterocycles. The Balaban J connectivity index is 1.30. The molecule has 1 amide bonds. The van der Waals surface area contributed by atoms with E-state index < -0.39 is 6.10 Å². The van der Waals surface area contributed by atoms with Crippen molar-refractivity contribution in [1.82, 2.24) is 4.90 Å². The van der Waals surface area contributed by atoms with Crippen LogP contribution in [0.3, 0.4) is 0 Å². The van der Waals surface area contributed by atoms with Crippen molar-refractivity contribution in [3.8, 4) is 5.75 Å². The highest BCUT2D eigenvalue weighted by Crippen LogP contribution is 2.33. The van der Waals surface area contributed by atoms with Crippen LogP contribution in [0.4, 0.5) is 0 Å². The first kappa shape index (κ1) is 23.6. The lowest BCUT2D eigenvalue weighted by Gasteiger charge is -2.35. The maximum absolute atomic E-state index is 13.8. The average Bonchev–Trinajstić information content (AvgIpc) is 2.92. The predicted molar refractivity (Wildman–Crippen MR) is 135 cm³/mol. The molecule has 0 bridgehead atoms. The molecule has 1 N–H and O–H groups in total. The first-order chi connectivity index (χ1) is 17.2. The molecule has 1 heterocycles. The molecule has 1 saturated carbocycles. The van der Waals surface area contributed by atoms with Crippen LogP contribution in [0.15, 0.2) is 78.9 Å². The third-order valence-electron chi connectivity index (χ3n) is 7.07. The zero-order chi connectivity index (χ0) is 24.0. The summed E-state index contributed by atoms with van der Waals surface area (Å²) in [6, 6.07) is 26.1. The van der Waals surface area contributed by atoms with E-state index in [0.29, 0.717) is 19.7 Å². The lowest BCUT2D eigenvalue weighted by atomic mass is 9.94. The summed E-state index contributed by atoms with van der Waals surface area (Å²) >= 11 is 0. The zero-order valence-electron chi connectivity index (χ0n) is 20.0. The van der Waals surface area contributed by atoms with Gasteiger partial charge >= 0.3 is 0 Å². The smallest absolute Gasteiger partial charge is 0.256 e. The highest BCUT2D eigenvalue weighted by atomic mass is 16.5. The van der Waals surface area contributed by atoms with Crippen molar-refractivity contribution >= 4 is 5.91 Å². The van der Waals surface area contributed by atoms with E-state index >= 15 is 0 Å². The van der Waals surface area contributed by atoms with E-state index in [-0.39, 0.29) is 18.1 Å². The standard InChI is InChI=1S/C30H33NO4/c32-25-14-16-26(17-15-25)35-29(23-10-5-2-6-11-23)30(33)31-19-18-27-24(20-31)12-7-13-28(27)34-21-22-8-3-1-4-9-22/h1-13,25-26,29,32H,14-21H2. The highest BCUT2D eigenvalue weighted by molar-refractivity contribution is 5.82. The summed E-state index contributed by atoms with van der Waals surface area (Å²) in [5, 5.41) is 9.87. The third-order valence-corrected chi connectivity index (χ3v) is 7.07. The molecule has 2 aliphatic rings. The normalized spacial score (nSPS) is 20.7. The van der Waals surface area contributed by atoms with Crippen LogP contribution < -0.4 is 4.74 Å². The number of ether oxygens (including phenoxy) is 2. The minimum absolute atomic E-state index is 0.00331. The molecule has 1 unspecified atom stereocenters. The number of hydrogen-bond acceptors (Lipinski definition) is 4. The molecule has 3 aromatic carbocycles. The molecular formula is C30H33NO4. The molecular weight excluding hydrogens is 438 g/mol. The molecule has 35 heavy (non-hydrogen) atoms. The molecule has 1 fully saturated rings. The Kier molecular flexibility index (Phi) is 7.45. The number of rotatable bonds is 7. The minimum atomic E-state index is -0.629. The van der Waals surface area contributed by atoms with Gasteiger partial charge in [0.05, 0.1) is 12.2 Å². The van der Waals surface area contributed by atoms with Gasteiger partial charge in [-0.2, -0.15) is 0 Å². The van der Waals surface area contributed by atoms with Crippen LogP contribution in [0.5, 0.6) is 5.75 Å². The summed E-state index contributed by atoms with van der Waals surface area (Å²) in [6.45, 7) is 1.71. The van der Waals surface area contributed by atoms with Crippen molar-refractivity contribution in [2.24, 2.45) is 0 Å². The second-order valence-electron chi connectivity index (χ2n) is 9.54. The molecule has 3 aromatic rings. The summed E-state index contributed by atoms with van der Waals surface area (Å²) < 4.78 is 12.6. The maximum atomic E-state index is 13.8. The Bertz CT molecular complexity index is 1110. The van der Waals surface area contributed by atoms with Crippen molar-refractivity contribution in [2.75, 3.05) is 6.54 Å². The Morgan fingerprint density at radius 1 is 0.914 bits per heavy atom. The number of aliphatic hydroxyl groups excluding tert-OH is 1. The minimum Gasteiger partial charge on any atom is -0.489 e. The molecule has 1 atom stereocenters. The van der Waals surface area contributed by atoms with Crippen molar-refractivity contribution in [1.29, 1.82) is 0 Å². The van der Waals surface area contributed by atoms with Gasteiger partial charge in [0.2, 0.25) is 0 Å². The fraction of sp³-hybridized carbons (Fsp3) is 0.367. The predicted octanol–water partition coefficient (Wildman–Crippen LogP) is 5.21. The molecule has 0 radical (unpaired) electrons. The van der Waals surface area contributed by atoms with Gasteiger partial charge < -0.3 is 19.5 Å². The van der Waals surface area contributed by atoms with Crippen molar-refractivity contribution < 1.29 is 19.4 Å². The lowest BCUT2D eigenvalue weighted by molar-refractivity contribution is -0.151. The van der Waals surface area contributed by atoms with E-state index in [1.54, 1.807) is 0 Å². The number of carbonyl (C=O) groups is 1. The number of carbonyl (C=O) groups excluding carboxylic acids is 1. The Morgan fingerprint density at radius 2 is 1.63 bits per heavy atom. The van der Waals surface area contributed by atoms with E-state index in [2.05, 4.69) is 18.2 Å². The summed E-state index contributed by atoms with van der Waals surface area (Å²) in [5.74, 6) is 0.902. The van der Waals surface area contributed by atoms with Crippen molar-refractivity contribution in [3.05, 3.63) is 101 Å². The Labute approximate surface area is 207 Å². The van der Waals surface area contributed by atoms with Crippen LogP contribution in [-0.4, -0.2) is 34.7 Å². The number of benzene rings is 3. The second-order valence-corrected chi connectivity index (χ2v) is 9.54. The van der Waals surface area contributed by atoms with E-state index in [1.807, 2.05) is 65.6 Å². The van der Waals surface area contributed by atoms with Gasteiger partial charge in [0.1, 0.15) is 12.4 Å². The quantitative estimate of drug-likeness (QED) is 0.514. The largest absolute Gasteiger partial charge is 0.489 e. The molecule has 5 rings (SSSR count). The molecule has 5 nitrogen and oxygen atoms in total. The van der Waals surface area contributed by atoms with Gasteiger partial charge in [-0.3, -0.25) is 4.79 Å². The van der Waals surface area contributed by atoms with Crippen LogP contribution in [0.1, 0.15) is 54.0 Å². The Hall–Kier alpha value is -3.15. The first-order valence-corrected chi connectivity index (χ1v) is 12.6. The SMILES string of the molecule is O=C(C(OC1CCC(O)CC1)c1ccccc1)N1CCc2c(cccc2OCc2ccccc2)C1. The number of amides is 1. The first-order valence-electron chi connectivity index (χ1n) is 12.6. The van der Waals surface area contributed by atoms with Crippen molar-refractivity contribution in [3.63, 3.8) is 0 Å². The van der Waals surface area contributed by atoms with Gasteiger partial charge in [-0.15, -0.1) is 0 Å². The van der Waals surface area contributed by atoms with Crippen LogP contribution in [-0.2, 0) is 29.1 Å². The number of aliphatic hydroxyl groups is 1. The van der Waals surface area contributed by atoms with Crippen LogP contribution in [0, 0.1) is 0 Å². The van der Waals surface area contributed by atoms with Gasteiger partial charge in [-0.05, 0) is 54.9 Å². The second kappa shape index (κ2) is 11.1. The van der Waals surface area contributed by atoms with Gasteiger partial charge in [0, 0.05) is 18.7 Å². The fourth-order valence-electron chi connectivity index (χ4n) is 5.08. The van der Waals surface area contributed by atoms with Crippen LogP contribution in [0.2, 0.25) is 0 Å². The number of hydrogen-bond donors (Lipinski definition) is 1. The monoisotopic (exact) mass is 471 g/mol. The molecule has 182 valence electrons. The Morgan fingerprint density at radius 3 is 2.37 bits per heavy atom. The van der Waals surface area contributed by atoms with E-state index in [1.165, 1.54) is 5.56 Å². The zero-order valence-corrected chi connectivity index (χ0v) is 20.0. The van der Waals surface area contributed by atoms with Crippen molar-refractivity contribution in [2.45, 2.75) is 63.6 Å². The van der Waals surface area contributed by atoms with E-state index in [9.17, 15) is 9.90 Å². The lowest BCUT2D eigenvalue weighted by Crippen LogP contribution is -2.41. The van der Waals surface area contributed by atoms with Crippen LogP contribution >= 0.6 is 0 Å². The molecule has 1 aliphatic heterocycles. The highest BCUT2D eigenvalue weighted by Gasteiger charge is 2.33. The van der Waals surface area contributed by atoms with Crippen LogP contribution in [0.25, 0.3) is 0 Å². The van der Waals surface area contributed by atoms with Gasteiger partial charge in [-0.1, -0.05) is 72.8 Å². The fourth-order valence-corrected chi connectivity index (χ4v) is 5.08. The molecule has 0 spiro atoms. The molecule has 1 aliphatic carbocycles. The number of fused-ring (bicyclic) bond motifs is 1. The van der Waals surface area contributed by atoms with Gasteiger partial charge in [0.15, 0.2) is 6.10 Å². The molecule has 0 aromatic heterocycles. The third kappa shape index (κ3) is 5.75.